The molecule has 0 saturated carbocycles. The number of likely N-dealkylation sites (tertiary alicyclic amines) is 1. The van der Waals surface area contributed by atoms with Gasteiger partial charge in [0.2, 0.25) is 5.91 Å². The number of halogens is 1. The number of piperidine rings is 1. The van der Waals surface area contributed by atoms with E-state index in [0.717, 1.165) is 6.07 Å². The summed E-state index contributed by atoms with van der Waals surface area (Å²) in [7, 11) is 0. The first kappa shape index (κ1) is 19.5. The summed E-state index contributed by atoms with van der Waals surface area (Å²) >= 11 is 0. The van der Waals surface area contributed by atoms with Crippen molar-refractivity contribution in [2.75, 3.05) is 19.6 Å². The lowest BCUT2D eigenvalue weighted by Gasteiger charge is -2.32. The average Bonchev–Trinajstić information content (AvgIpc) is 3.07. The van der Waals surface area contributed by atoms with Crippen LogP contribution in [0.1, 0.15) is 45.3 Å². The lowest BCUT2D eigenvalue weighted by Crippen LogP contribution is -2.44. The molecule has 2 N–H and O–H groups in total. The van der Waals surface area contributed by atoms with Crippen molar-refractivity contribution in [1.29, 1.82) is 0 Å². The largest absolute Gasteiger partial charge is 0.478 e. The second kappa shape index (κ2) is 8.20. The highest BCUT2D eigenvalue weighted by Gasteiger charge is 2.26. The summed E-state index contributed by atoms with van der Waals surface area (Å²) < 4.78 is 14.9. The van der Waals surface area contributed by atoms with Gasteiger partial charge in [0, 0.05) is 18.7 Å². The fourth-order valence-corrected chi connectivity index (χ4v) is 3.36. The summed E-state index contributed by atoms with van der Waals surface area (Å²) in [6.45, 7) is 2.53. The highest BCUT2D eigenvalue weighted by molar-refractivity contribution is 5.96. The topological polar surface area (TPSA) is 105 Å². The van der Waals surface area contributed by atoms with Gasteiger partial charge in [0.05, 0.1) is 24.5 Å². The summed E-state index contributed by atoms with van der Waals surface area (Å²) in [6, 6.07) is 5.30. The van der Waals surface area contributed by atoms with Gasteiger partial charge < -0.3 is 15.3 Å². The zero-order valence-corrected chi connectivity index (χ0v) is 15.4. The molecule has 0 unspecified atom stereocenters. The van der Waals surface area contributed by atoms with Gasteiger partial charge in [0.15, 0.2) is 0 Å². The Kier molecular flexibility index (Phi) is 5.72. The number of hydrogen-bond donors (Lipinski definition) is 2. The van der Waals surface area contributed by atoms with Gasteiger partial charge in [-0.25, -0.2) is 9.18 Å². The van der Waals surface area contributed by atoms with E-state index in [1.807, 2.05) is 0 Å². The molecule has 1 fully saturated rings. The molecule has 3 rings (SSSR count). The molecule has 0 spiro atoms. The molecule has 1 aliphatic rings. The third-order valence-corrected chi connectivity index (χ3v) is 4.93. The number of carbonyl (C=O) groups excluding carboxylic acids is 2. The van der Waals surface area contributed by atoms with Crippen LogP contribution in [-0.2, 0) is 4.79 Å². The van der Waals surface area contributed by atoms with Gasteiger partial charge in [0.1, 0.15) is 11.4 Å². The van der Waals surface area contributed by atoms with Crippen LogP contribution in [0.15, 0.2) is 30.5 Å². The number of aromatic carboxylic acids is 1. The van der Waals surface area contributed by atoms with Crippen LogP contribution in [-0.4, -0.2) is 57.2 Å². The smallest absolute Gasteiger partial charge is 0.339 e. The van der Waals surface area contributed by atoms with Crippen LogP contribution in [0.5, 0.6) is 0 Å². The monoisotopic (exact) mass is 388 g/mol. The molecule has 2 heterocycles. The van der Waals surface area contributed by atoms with Gasteiger partial charge in [-0.2, -0.15) is 5.10 Å². The van der Waals surface area contributed by atoms with Crippen molar-refractivity contribution in [3.05, 3.63) is 53.1 Å². The van der Waals surface area contributed by atoms with Crippen molar-refractivity contribution >= 4 is 17.8 Å². The van der Waals surface area contributed by atoms with Crippen LogP contribution in [0, 0.1) is 12.7 Å². The summed E-state index contributed by atoms with van der Waals surface area (Å²) in [6.07, 6.45) is 2.63. The van der Waals surface area contributed by atoms with Gasteiger partial charge >= 0.3 is 5.97 Å². The van der Waals surface area contributed by atoms with Crippen molar-refractivity contribution in [2.45, 2.75) is 25.8 Å². The Morgan fingerprint density at radius 1 is 1.29 bits per heavy atom. The van der Waals surface area contributed by atoms with Crippen LogP contribution in [0.4, 0.5) is 4.39 Å². The average molecular weight is 388 g/mol. The first-order valence-electron chi connectivity index (χ1n) is 8.95. The molecule has 1 aromatic carbocycles. The molecule has 2 amide bonds. The van der Waals surface area contributed by atoms with Gasteiger partial charge in [-0.15, -0.1) is 0 Å². The van der Waals surface area contributed by atoms with Gasteiger partial charge in [-0.05, 0) is 38.0 Å². The molecule has 1 saturated heterocycles. The first-order valence-corrected chi connectivity index (χ1v) is 8.95. The Bertz CT molecular complexity index is 903. The SMILES string of the molecule is Cc1c(C(=O)O)cnn1C1CCN(C(=O)CNC(=O)c2cccc(F)c2)CC1. The maximum atomic E-state index is 13.2. The number of hydrogen-bond acceptors (Lipinski definition) is 4. The molecule has 148 valence electrons. The van der Waals surface area contributed by atoms with Crippen molar-refractivity contribution < 1.29 is 23.9 Å². The normalized spacial score (nSPS) is 14.7. The molecule has 2 aromatic rings. The Morgan fingerprint density at radius 3 is 2.61 bits per heavy atom. The molecule has 8 nitrogen and oxygen atoms in total. The van der Waals surface area contributed by atoms with Gasteiger partial charge in [0.25, 0.3) is 5.91 Å². The van der Waals surface area contributed by atoms with Crippen molar-refractivity contribution in [3.8, 4) is 0 Å². The van der Waals surface area contributed by atoms with Crippen LogP contribution in [0.3, 0.4) is 0 Å². The Morgan fingerprint density at radius 2 is 2.00 bits per heavy atom. The van der Waals surface area contributed by atoms with E-state index < -0.39 is 17.7 Å². The number of amides is 2. The van der Waals surface area contributed by atoms with E-state index >= 15 is 0 Å². The molecule has 0 atom stereocenters. The van der Waals surface area contributed by atoms with Crippen LogP contribution >= 0.6 is 0 Å². The lowest BCUT2D eigenvalue weighted by molar-refractivity contribution is -0.131. The highest BCUT2D eigenvalue weighted by atomic mass is 19.1. The fraction of sp³-hybridized carbons (Fsp3) is 0.368. The van der Waals surface area contributed by atoms with Crippen LogP contribution in [0.25, 0.3) is 0 Å². The van der Waals surface area contributed by atoms with E-state index in [2.05, 4.69) is 10.4 Å². The number of aromatic nitrogens is 2. The van der Waals surface area contributed by atoms with Crippen LogP contribution < -0.4 is 5.32 Å². The number of carboxylic acid groups (broad SMARTS) is 1. The predicted octanol–water partition coefficient (Wildman–Crippen LogP) is 1.62. The standard InChI is InChI=1S/C19H21FN4O4/c1-12-16(19(27)28)10-22-24(12)15-5-7-23(8-6-15)17(25)11-21-18(26)13-3-2-4-14(20)9-13/h2-4,9-10,15H,5-8,11H2,1H3,(H,21,26)(H,27,28). The number of nitrogens with zero attached hydrogens (tertiary/aromatic N) is 3. The molecular formula is C19H21FN4O4. The van der Waals surface area contributed by atoms with Gasteiger partial charge in [-0.1, -0.05) is 6.07 Å². The lowest BCUT2D eigenvalue weighted by atomic mass is 10.0. The molecule has 1 aliphatic heterocycles. The van der Waals surface area contributed by atoms with Crippen molar-refractivity contribution in [3.63, 3.8) is 0 Å². The fourth-order valence-electron chi connectivity index (χ4n) is 3.36. The second-order valence-corrected chi connectivity index (χ2v) is 6.70. The number of carbonyl (C=O) groups is 3. The number of nitrogens with one attached hydrogen (secondary N) is 1. The van der Waals surface area contributed by atoms with E-state index in [0.29, 0.717) is 31.6 Å². The minimum absolute atomic E-state index is 0.0269. The number of rotatable bonds is 5. The maximum absolute atomic E-state index is 13.2. The quantitative estimate of drug-likeness (QED) is 0.810. The molecular weight excluding hydrogens is 367 g/mol. The van der Waals surface area contributed by atoms with E-state index in [-0.39, 0.29) is 29.6 Å². The number of carboxylic acids is 1. The third-order valence-electron chi connectivity index (χ3n) is 4.93. The first-order chi connectivity index (χ1) is 13.4. The minimum Gasteiger partial charge on any atom is -0.478 e. The van der Waals surface area contributed by atoms with E-state index in [1.165, 1.54) is 24.4 Å². The minimum atomic E-state index is -1.01. The molecule has 0 aliphatic carbocycles. The Hall–Kier alpha value is -3.23. The van der Waals surface area contributed by atoms with Crippen molar-refractivity contribution in [2.24, 2.45) is 0 Å². The summed E-state index contributed by atoms with van der Waals surface area (Å²) in [5, 5.41) is 15.8. The summed E-state index contributed by atoms with van der Waals surface area (Å²) in [5.41, 5.74) is 0.938. The Balaban J connectivity index is 1.51. The molecule has 0 bridgehead atoms. The number of benzene rings is 1. The van der Waals surface area contributed by atoms with Gasteiger partial charge in [-0.3, -0.25) is 14.3 Å². The Labute approximate surface area is 160 Å². The second-order valence-electron chi connectivity index (χ2n) is 6.70. The van der Waals surface area contributed by atoms with E-state index in [9.17, 15) is 18.8 Å². The zero-order chi connectivity index (χ0) is 20.3. The van der Waals surface area contributed by atoms with Crippen molar-refractivity contribution in [1.82, 2.24) is 20.0 Å². The van der Waals surface area contributed by atoms with Crippen LogP contribution in [0.2, 0.25) is 0 Å². The van der Waals surface area contributed by atoms with E-state index in [4.69, 9.17) is 5.11 Å². The zero-order valence-electron chi connectivity index (χ0n) is 15.4. The molecule has 28 heavy (non-hydrogen) atoms. The maximum Gasteiger partial charge on any atom is 0.339 e. The highest BCUT2D eigenvalue weighted by Crippen LogP contribution is 2.24. The molecule has 1 aromatic heterocycles. The summed E-state index contributed by atoms with van der Waals surface area (Å²) in [4.78, 5) is 37.1. The molecule has 0 radical (unpaired) electrons. The third kappa shape index (κ3) is 4.19. The predicted molar refractivity (Wildman–Crippen MR) is 97.5 cm³/mol. The van der Waals surface area contributed by atoms with E-state index in [1.54, 1.807) is 16.5 Å². The molecule has 9 heteroatoms. The summed E-state index contributed by atoms with van der Waals surface area (Å²) in [5.74, 6) is -2.24.